The van der Waals surface area contributed by atoms with E-state index in [2.05, 4.69) is 15.9 Å². The van der Waals surface area contributed by atoms with Gasteiger partial charge in [-0.05, 0) is 40.5 Å². The number of hydrogen-bond acceptors (Lipinski definition) is 3. The maximum Gasteiger partial charge on any atom is 0.206 e. The van der Waals surface area contributed by atoms with Gasteiger partial charge >= 0.3 is 0 Å². The van der Waals surface area contributed by atoms with E-state index in [9.17, 15) is 4.79 Å². The van der Waals surface area contributed by atoms with Crippen molar-refractivity contribution < 1.29 is 9.15 Å². The summed E-state index contributed by atoms with van der Waals surface area (Å²) in [5.74, 6) is 0.719. The second kappa shape index (κ2) is 5.74. The number of fused-ring (bicyclic) bond motifs is 1. The van der Waals surface area contributed by atoms with E-state index in [4.69, 9.17) is 9.15 Å². The van der Waals surface area contributed by atoms with Crippen molar-refractivity contribution in [3.05, 3.63) is 74.6 Å². The fraction of sp³-hybridized carbons (Fsp3) is 0.118. The molecule has 0 aliphatic carbocycles. The normalized spacial score (nSPS) is 10.8. The lowest BCUT2D eigenvalue weighted by atomic mass is 10.1. The highest BCUT2D eigenvalue weighted by Gasteiger charge is 2.11. The third kappa shape index (κ3) is 2.72. The van der Waals surface area contributed by atoms with Crippen LogP contribution < -0.4 is 10.2 Å². The van der Waals surface area contributed by atoms with E-state index in [-0.39, 0.29) is 5.43 Å². The van der Waals surface area contributed by atoms with Gasteiger partial charge in [0.05, 0.1) is 5.39 Å². The summed E-state index contributed by atoms with van der Waals surface area (Å²) >= 11 is 3.18. The summed E-state index contributed by atoms with van der Waals surface area (Å²) in [4.78, 5) is 12.0. The van der Waals surface area contributed by atoms with E-state index in [1.54, 1.807) is 6.07 Å². The van der Waals surface area contributed by atoms with Crippen LogP contribution in [0.4, 0.5) is 0 Å². The van der Waals surface area contributed by atoms with Gasteiger partial charge in [-0.25, -0.2) is 0 Å². The summed E-state index contributed by atoms with van der Waals surface area (Å²) in [6.07, 6.45) is 1.42. The first-order valence-electron chi connectivity index (χ1n) is 6.54. The van der Waals surface area contributed by atoms with Crippen LogP contribution in [0.5, 0.6) is 5.75 Å². The summed E-state index contributed by atoms with van der Waals surface area (Å²) < 4.78 is 11.8. The van der Waals surface area contributed by atoms with Crippen molar-refractivity contribution in [2.24, 2.45) is 0 Å². The monoisotopic (exact) mass is 344 g/mol. The minimum atomic E-state index is -0.0750. The van der Waals surface area contributed by atoms with Gasteiger partial charge in [-0.15, -0.1) is 0 Å². The Labute approximate surface area is 130 Å². The quantitative estimate of drug-likeness (QED) is 0.704. The van der Waals surface area contributed by atoms with Gasteiger partial charge in [-0.3, -0.25) is 4.79 Å². The van der Waals surface area contributed by atoms with Crippen molar-refractivity contribution in [3.8, 4) is 5.75 Å². The highest BCUT2D eigenvalue weighted by Crippen LogP contribution is 2.27. The van der Waals surface area contributed by atoms with Crippen molar-refractivity contribution in [2.45, 2.75) is 13.5 Å². The molecule has 2 aromatic carbocycles. The minimum Gasteiger partial charge on any atom is -0.488 e. The van der Waals surface area contributed by atoms with E-state index >= 15 is 0 Å². The van der Waals surface area contributed by atoms with Crippen molar-refractivity contribution >= 4 is 26.9 Å². The molecule has 21 heavy (non-hydrogen) atoms. The molecule has 0 bridgehead atoms. The standard InChI is InChI=1S/C17H13BrO3/c1-11-15(20-9-12-5-3-2-4-6-12)8-7-13-16(19)14(18)10-21-17(11)13/h2-8,10H,9H2,1H3. The molecule has 0 N–H and O–H groups in total. The molecule has 106 valence electrons. The molecule has 0 fully saturated rings. The molecule has 0 aliphatic rings. The number of halogens is 1. The van der Waals surface area contributed by atoms with Gasteiger partial charge in [-0.2, -0.15) is 0 Å². The third-order valence-electron chi connectivity index (χ3n) is 3.34. The molecule has 0 amide bonds. The fourth-order valence-corrected chi connectivity index (χ4v) is 2.50. The van der Waals surface area contributed by atoms with Crippen molar-refractivity contribution in [2.75, 3.05) is 0 Å². The Bertz CT molecular complexity index is 838. The van der Waals surface area contributed by atoms with E-state index in [1.165, 1.54) is 6.26 Å². The van der Waals surface area contributed by atoms with Crippen LogP contribution in [0.25, 0.3) is 11.0 Å². The van der Waals surface area contributed by atoms with Crippen molar-refractivity contribution in [1.82, 2.24) is 0 Å². The average molecular weight is 345 g/mol. The van der Waals surface area contributed by atoms with Gasteiger partial charge in [0.1, 0.15) is 28.7 Å². The summed E-state index contributed by atoms with van der Waals surface area (Å²) in [5, 5.41) is 0.550. The third-order valence-corrected chi connectivity index (χ3v) is 3.88. The molecule has 0 atom stereocenters. The van der Waals surface area contributed by atoms with Crippen molar-refractivity contribution in [1.29, 1.82) is 0 Å². The molecular formula is C17H13BrO3. The topological polar surface area (TPSA) is 39.4 Å². The Morgan fingerprint density at radius 3 is 2.67 bits per heavy atom. The number of rotatable bonds is 3. The Morgan fingerprint density at radius 1 is 1.14 bits per heavy atom. The second-order valence-corrected chi connectivity index (χ2v) is 5.61. The molecule has 1 heterocycles. The summed E-state index contributed by atoms with van der Waals surface area (Å²) in [6, 6.07) is 13.5. The van der Waals surface area contributed by atoms with E-state index in [0.29, 0.717) is 22.0 Å². The first kappa shape index (κ1) is 13.9. The smallest absolute Gasteiger partial charge is 0.206 e. The zero-order valence-corrected chi connectivity index (χ0v) is 13.0. The number of hydrogen-bond donors (Lipinski definition) is 0. The molecule has 3 rings (SSSR count). The van der Waals surface area contributed by atoms with Crippen LogP contribution in [0.15, 0.2) is 62.4 Å². The first-order valence-corrected chi connectivity index (χ1v) is 7.33. The van der Waals surface area contributed by atoms with Crippen LogP contribution in [0.2, 0.25) is 0 Å². The van der Waals surface area contributed by atoms with Crippen LogP contribution in [0.1, 0.15) is 11.1 Å². The second-order valence-electron chi connectivity index (χ2n) is 4.75. The molecule has 0 unspecified atom stereocenters. The van der Waals surface area contributed by atoms with Gasteiger partial charge in [0, 0.05) is 5.56 Å². The van der Waals surface area contributed by atoms with E-state index < -0.39 is 0 Å². The lowest BCUT2D eigenvalue weighted by molar-refractivity contribution is 0.304. The highest BCUT2D eigenvalue weighted by molar-refractivity contribution is 9.10. The molecule has 1 aromatic heterocycles. The van der Waals surface area contributed by atoms with Gasteiger partial charge in [0.25, 0.3) is 0 Å². The lowest BCUT2D eigenvalue weighted by Crippen LogP contribution is -2.03. The molecule has 0 saturated carbocycles. The van der Waals surface area contributed by atoms with Gasteiger partial charge in [-0.1, -0.05) is 30.3 Å². The molecule has 0 aliphatic heterocycles. The Balaban J connectivity index is 1.95. The van der Waals surface area contributed by atoms with Crippen LogP contribution in [0, 0.1) is 6.92 Å². The van der Waals surface area contributed by atoms with Crippen LogP contribution in [-0.4, -0.2) is 0 Å². The van der Waals surface area contributed by atoms with Crippen molar-refractivity contribution in [3.63, 3.8) is 0 Å². The Hall–Kier alpha value is -2.07. The fourth-order valence-electron chi connectivity index (χ4n) is 2.19. The average Bonchev–Trinajstić information content (AvgIpc) is 2.51. The lowest BCUT2D eigenvalue weighted by Gasteiger charge is -2.10. The first-order chi connectivity index (χ1) is 10.2. The van der Waals surface area contributed by atoms with Crippen LogP contribution in [0.3, 0.4) is 0 Å². The van der Waals surface area contributed by atoms with Gasteiger partial charge in [0.15, 0.2) is 0 Å². The van der Waals surface area contributed by atoms with Gasteiger partial charge < -0.3 is 9.15 Å². The zero-order chi connectivity index (χ0) is 14.8. The number of benzene rings is 2. The Morgan fingerprint density at radius 2 is 1.90 bits per heavy atom. The molecular weight excluding hydrogens is 332 g/mol. The van der Waals surface area contributed by atoms with Crippen LogP contribution in [-0.2, 0) is 6.61 Å². The van der Waals surface area contributed by atoms with Gasteiger partial charge in [0.2, 0.25) is 5.43 Å². The SMILES string of the molecule is Cc1c(OCc2ccccc2)ccc2c(=O)c(Br)coc12. The summed E-state index contributed by atoms with van der Waals surface area (Å²) in [5.41, 5.74) is 2.41. The molecule has 3 aromatic rings. The summed E-state index contributed by atoms with van der Waals surface area (Å²) in [6.45, 7) is 2.37. The number of ether oxygens (including phenoxy) is 1. The highest BCUT2D eigenvalue weighted by atomic mass is 79.9. The maximum atomic E-state index is 12.0. The molecule has 0 radical (unpaired) electrons. The molecule has 4 heteroatoms. The Kier molecular flexibility index (Phi) is 3.80. The zero-order valence-electron chi connectivity index (χ0n) is 11.4. The van der Waals surface area contributed by atoms with E-state index in [0.717, 1.165) is 16.9 Å². The minimum absolute atomic E-state index is 0.0750. The summed E-state index contributed by atoms with van der Waals surface area (Å²) in [7, 11) is 0. The predicted molar refractivity (Wildman–Crippen MR) is 85.7 cm³/mol. The largest absolute Gasteiger partial charge is 0.488 e. The molecule has 0 saturated heterocycles. The molecule has 3 nitrogen and oxygen atoms in total. The molecule has 0 spiro atoms. The van der Waals surface area contributed by atoms with Crippen LogP contribution >= 0.6 is 15.9 Å². The van der Waals surface area contributed by atoms with E-state index in [1.807, 2.05) is 43.3 Å². The number of aryl methyl sites for hydroxylation is 1. The maximum absolute atomic E-state index is 12.0. The predicted octanol–water partition coefficient (Wildman–Crippen LogP) is 4.44.